The summed E-state index contributed by atoms with van der Waals surface area (Å²) in [6, 6.07) is 7.65. The predicted octanol–water partition coefficient (Wildman–Crippen LogP) is 3.93. The van der Waals surface area contributed by atoms with E-state index in [0.29, 0.717) is 12.0 Å². The Bertz CT molecular complexity index is 645. The number of benzene rings is 1. The Hall–Kier alpha value is -2.30. The molecule has 2 rings (SSSR count). The average Bonchev–Trinajstić information content (AvgIpc) is 2.47. The van der Waals surface area contributed by atoms with Gasteiger partial charge in [-0.25, -0.2) is 4.79 Å². The first-order valence-corrected chi connectivity index (χ1v) is 7.47. The van der Waals surface area contributed by atoms with E-state index < -0.39 is 11.6 Å². The number of phenols is 1. The summed E-state index contributed by atoms with van der Waals surface area (Å²) >= 11 is 0. The third-order valence-electron chi connectivity index (χ3n) is 3.10. The summed E-state index contributed by atoms with van der Waals surface area (Å²) in [6.45, 7) is 2.15. The first kappa shape index (κ1) is 17.8. The van der Waals surface area contributed by atoms with E-state index in [1.165, 1.54) is 31.4 Å². The minimum Gasteiger partial charge on any atom is -0.508 e. The van der Waals surface area contributed by atoms with Crippen LogP contribution in [0.1, 0.15) is 45.4 Å². The number of aromatic hydroxyl groups is 1. The van der Waals surface area contributed by atoms with Crippen LogP contribution in [0.2, 0.25) is 0 Å². The number of carboxylic acids is 1. The molecule has 1 aromatic heterocycles. The average molecular weight is 306 g/mol. The van der Waals surface area contributed by atoms with Crippen LogP contribution >= 0.6 is 0 Å². The van der Waals surface area contributed by atoms with Crippen LogP contribution in [0.25, 0.3) is 11.0 Å². The molecule has 0 aliphatic heterocycles. The summed E-state index contributed by atoms with van der Waals surface area (Å²) in [5, 5.41) is 18.1. The molecule has 0 aliphatic carbocycles. The van der Waals surface area contributed by atoms with E-state index in [-0.39, 0.29) is 5.75 Å². The van der Waals surface area contributed by atoms with Crippen LogP contribution in [0.15, 0.2) is 39.5 Å². The molecule has 2 N–H and O–H groups in total. The number of unbranched alkanes of at least 4 members (excludes halogenated alkanes) is 4. The van der Waals surface area contributed by atoms with Crippen molar-refractivity contribution in [2.75, 3.05) is 0 Å². The number of aliphatic carboxylic acids is 1. The Morgan fingerprint density at radius 2 is 1.77 bits per heavy atom. The van der Waals surface area contributed by atoms with Crippen molar-refractivity contribution in [3.63, 3.8) is 0 Å². The maximum atomic E-state index is 10.7. The van der Waals surface area contributed by atoms with Crippen LogP contribution in [0, 0.1) is 0 Å². The summed E-state index contributed by atoms with van der Waals surface area (Å²) in [6.07, 6.45) is 5.88. The van der Waals surface area contributed by atoms with Crippen molar-refractivity contribution < 1.29 is 19.4 Å². The minimum absolute atomic E-state index is 0.0943. The first-order chi connectivity index (χ1) is 10.5. The van der Waals surface area contributed by atoms with Gasteiger partial charge in [-0.3, -0.25) is 4.79 Å². The molecule has 0 atom stereocenters. The van der Waals surface area contributed by atoms with Gasteiger partial charge in [0.25, 0.3) is 0 Å². The van der Waals surface area contributed by atoms with Gasteiger partial charge in [0.1, 0.15) is 11.3 Å². The van der Waals surface area contributed by atoms with Gasteiger partial charge in [0.2, 0.25) is 0 Å². The topological polar surface area (TPSA) is 87.7 Å². The smallest absolute Gasteiger partial charge is 0.336 e. The first-order valence-electron chi connectivity index (χ1n) is 7.47. The van der Waals surface area contributed by atoms with Crippen LogP contribution in [-0.4, -0.2) is 16.2 Å². The highest BCUT2D eigenvalue weighted by Gasteiger charge is 1.97. The molecular weight excluding hydrogens is 284 g/mol. The van der Waals surface area contributed by atoms with Crippen LogP contribution < -0.4 is 5.63 Å². The number of hydrogen-bond acceptors (Lipinski definition) is 4. The molecule has 0 bridgehead atoms. The maximum Gasteiger partial charge on any atom is 0.336 e. The molecule has 0 radical (unpaired) electrons. The maximum absolute atomic E-state index is 10.7. The van der Waals surface area contributed by atoms with Gasteiger partial charge in [-0.05, 0) is 24.6 Å². The molecule has 0 amide bonds. The molecule has 0 unspecified atom stereocenters. The number of fused-ring (bicyclic) bond motifs is 1. The fourth-order valence-electron chi connectivity index (χ4n) is 1.93. The zero-order chi connectivity index (χ0) is 16.4. The molecule has 0 aliphatic rings. The molecule has 5 heteroatoms. The molecule has 0 spiro atoms. The van der Waals surface area contributed by atoms with Gasteiger partial charge in [0, 0.05) is 23.9 Å². The molecule has 0 fully saturated rings. The summed E-state index contributed by atoms with van der Waals surface area (Å²) in [7, 11) is 0. The highest BCUT2D eigenvalue weighted by atomic mass is 16.4. The highest BCUT2D eigenvalue weighted by molar-refractivity contribution is 5.77. The number of rotatable bonds is 6. The van der Waals surface area contributed by atoms with Crippen LogP contribution in [0.3, 0.4) is 0 Å². The van der Waals surface area contributed by atoms with Gasteiger partial charge in [0.05, 0.1) is 0 Å². The lowest BCUT2D eigenvalue weighted by Gasteiger charge is -1.95. The van der Waals surface area contributed by atoms with E-state index >= 15 is 0 Å². The summed E-state index contributed by atoms with van der Waals surface area (Å²) in [5.74, 6) is -0.576. The Morgan fingerprint density at radius 1 is 1.09 bits per heavy atom. The number of phenolic OH excluding ortho intramolecular Hbond substituents is 1. The lowest BCUT2D eigenvalue weighted by molar-refractivity contribution is -0.137. The molecule has 120 valence electrons. The second-order valence-corrected chi connectivity index (χ2v) is 5.03. The van der Waals surface area contributed by atoms with E-state index in [9.17, 15) is 9.59 Å². The molecule has 22 heavy (non-hydrogen) atoms. The normalized spacial score (nSPS) is 10.0. The van der Waals surface area contributed by atoms with Crippen LogP contribution in [0.5, 0.6) is 5.75 Å². The molecule has 0 saturated carbocycles. The fourth-order valence-corrected chi connectivity index (χ4v) is 1.93. The standard InChI is InChI=1S/C9H6O3.C8H16O2/c10-7-3-1-6-2-4-9(11)12-8(6)5-7;1-2-3-4-5-6-7-8(9)10/h1-5,10H;2-7H2,1H3,(H,9,10). The van der Waals surface area contributed by atoms with Gasteiger partial charge in [-0.15, -0.1) is 0 Å². The quantitative estimate of drug-likeness (QED) is 0.623. The van der Waals surface area contributed by atoms with Crippen molar-refractivity contribution in [1.82, 2.24) is 0 Å². The SMILES string of the molecule is CCCCCCCC(=O)O.O=c1ccc2ccc(O)cc2o1. The summed E-state index contributed by atoms with van der Waals surface area (Å²) in [5.41, 5.74) is -0.00407. The van der Waals surface area contributed by atoms with E-state index in [2.05, 4.69) is 6.92 Å². The lowest BCUT2D eigenvalue weighted by atomic mass is 10.1. The molecule has 1 aromatic carbocycles. The Morgan fingerprint density at radius 3 is 2.45 bits per heavy atom. The van der Waals surface area contributed by atoms with Crippen molar-refractivity contribution in [3.8, 4) is 5.75 Å². The summed E-state index contributed by atoms with van der Waals surface area (Å²) < 4.78 is 4.83. The Kier molecular flexibility index (Phi) is 7.75. The third kappa shape index (κ3) is 6.92. The van der Waals surface area contributed by atoms with E-state index in [0.717, 1.165) is 18.2 Å². The molecule has 2 aromatic rings. The van der Waals surface area contributed by atoms with Crippen LogP contribution in [0.4, 0.5) is 0 Å². The lowest BCUT2D eigenvalue weighted by Crippen LogP contribution is -1.93. The number of carbonyl (C=O) groups is 1. The van der Waals surface area contributed by atoms with Gasteiger partial charge in [-0.1, -0.05) is 32.6 Å². The molecular formula is C17H22O5. The monoisotopic (exact) mass is 306 g/mol. The largest absolute Gasteiger partial charge is 0.508 e. The molecule has 1 heterocycles. The highest BCUT2D eigenvalue weighted by Crippen LogP contribution is 2.17. The van der Waals surface area contributed by atoms with E-state index in [1.807, 2.05) is 0 Å². The molecule has 0 saturated heterocycles. The van der Waals surface area contributed by atoms with Crippen molar-refractivity contribution in [1.29, 1.82) is 0 Å². The predicted molar refractivity (Wildman–Crippen MR) is 85.2 cm³/mol. The second-order valence-electron chi connectivity index (χ2n) is 5.03. The minimum atomic E-state index is -0.670. The van der Waals surface area contributed by atoms with Crippen molar-refractivity contribution in [2.45, 2.75) is 45.4 Å². The number of hydrogen-bond donors (Lipinski definition) is 2. The second kappa shape index (κ2) is 9.60. The molecule has 5 nitrogen and oxygen atoms in total. The third-order valence-corrected chi connectivity index (χ3v) is 3.10. The zero-order valence-electron chi connectivity index (χ0n) is 12.7. The van der Waals surface area contributed by atoms with Crippen molar-refractivity contribution in [3.05, 3.63) is 40.8 Å². The zero-order valence-corrected chi connectivity index (χ0v) is 12.7. The van der Waals surface area contributed by atoms with E-state index in [1.54, 1.807) is 18.2 Å². The Balaban J connectivity index is 0.000000225. The van der Waals surface area contributed by atoms with Crippen molar-refractivity contribution in [2.24, 2.45) is 0 Å². The van der Waals surface area contributed by atoms with Gasteiger partial charge in [0.15, 0.2) is 0 Å². The number of carboxylic acid groups (broad SMARTS) is 1. The fraction of sp³-hybridized carbons (Fsp3) is 0.412. The Labute approximate surface area is 129 Å². The van der Waals surface area contributed by atoms with E-state index in [4.69, 9.17) is 14.6 Å². The van der Waals surface area contributed by atoms with Crippen molar-refractivity contribution >= 4 is 16.9 Å². The van der Waals surface area contributed by atoms with Gasteiger partial charge < -0.3 is 14.6 Å². The summed E-state index contributed by atoms with van der Waals surface area (Å²) in [4.78, 5) is 20.8. The van der Waals surface area contributed by atoms with Gasteiger partial charge in [-0.2, -0.15) is 0 Å². The van der Waals surface area contributed by atoms with Crippen LogP contribution in [-0.2, 0) is 4.79 Å². The van der Waals surface area contributed by atoms with Gasteiger partial charge >= 0.3 is 11.6 Å².